The van der Waals surface area contributed by atoms with Crippen LogP contribution in [0, 0.1) is 5.41 Å². The molecular weight excluding hydrogens is 186 g/mol. The SMILES string of the molecule is CC(C)(C)C(COC(N)=O)OCCO. The van der Waals surface area contributed by atoms with E-state index < -0.39 is 6.09 Å². The summed E-state index contributed by atoms with van der Waals surface area (Å²) in [5.41, 5.74) is 4.68. The van der Waals surface area contributed by atoms with E-state index in [0.717, 1.165) is 0 Å². The van der Waals surface area contributed by atoms with Crippen LogP contribution in [0.15, 0.2) is 0 Å². The van der Waals surface area contributed by atoms with E-state index in [4.69, 9.17) is 15.6 Å². The zero-order chi connectivity index (χ0) is 11.2. The minimum atomic E-state index is -0.813. The first-order chi connectivity index (χ1) is 6.38. The second kappa shape index (κ2) is 5.82. The van der Waals surface area contributed by atoms with Crippen molar-refractivity contribution in [1.29, 1.82) is 0 Å². The third-order valence-electron chi connectivity index (χ3n) is 1.75. The van der Waals surface area contributed by atoms with E-state index in [-0.39, 0.29) is 31.3 Å². The third-order valence-corrected chi connectivity index (χ3v) is 1.75. The molecule has 0 aromatic rings. The summed E-state index contributed by atoms with van der Waals surface area (Å²) in [5, 5.41) is 8.60. The van der Waals surface area contributed by atoms with Crippen LogP contribution in [-0.4, -0.2) is 37.1 Å². The second-order valence-electron chi connectivity index (χ2n) is 4.08. The number of hydrogen-bond acceptors (Lipinski definition) is 4. The van der Waals surface area contributed by atoms with E-state index in [1.165, 1.54) is 0 Å². The molecule has 5 nitrogen and oxygen atoms in total. The first-order valence-corrected chi connectivity index (χ1v) is 4.52. The smallest absolute Gasteiger partial charge is 0.404 e. The highest BCUT2D eigenvalue weighted by atomic mass is 16.6. The molecule has 3 N–H and O–H groups in total. The van der Waals surface area contributed by atoms with Gasteiger partial charge in [-0.05, 0) is 5.41 Å². The van der Waals surface area contributed by atoms with Crippen LogP contribution in [0.3, 0.4) is 0 Å². The molecule has 5 heteroatoms. The molecule has 0 radical (unpaired) electrons. The topological polar surface area (TPSA) is 81.8 Å². The largest absolute Gasteiger partial charge is 0.447 e. The fraction of sp³-hybridized carbons (Fsp3) is 0.889. The van der Waals surface area contributed by atoms with E-state index in [1.807, 2.05) is 20.8 Å². The Labute approximate surface area is 84.2 Å². The lowest BCUT2D eigenvalue weighted by atomic mass is 9.89. The molecule has 1 unspecified atom stereocenters. The van der Waals surface area contributed by atoms with Crippen molar-refractivity contribution in [2.45, 2.75) is 26.9 Å². The summed E-state index contributed by atoms with van der Waals surface area (Å²) in [6.07, 6.45) is -1.08. The van der Waals surface area contributed by atoms with Gasteiger partial charge >= 0.3 is 6.09 Å². The summed E-state index contributed by atoms with van der Waals surface area (Å²) in [6, 6.07) is 0. The van der Waals surface area contributed by atoms with Crippen molar-refractivity contribution in [1.82, 2.24) is 0 Å². The Morgan fingerprint density at radius 3 is 2.43 bits per heavy atom. The zero-order valence-corrected chi connectivity index (χ0v) is 8.95. The van der Waals surface area contributed by atoms with Crippen LogP contribution in [0.5, 0.6) is 0 Å². The first-order valence-electron chi connectivity index (χ1n) is 4.52. The van der Waals surface area contributed by atoms with Crippen molar-refractivity contribution in [3.63, 3.8) is 0 Å². The van der Waals surface area contributed by atoms with Gasteiger partial charge < -0.3 is 20.3 Å². The van der Waals surface area contributed by atoms with Crippen molar-refractivity contribution in [3.8, 4) is 0 Å². The van der Waals surface area contributed by atoms with Crippen molar-refractivity contribution in [2.24, 2.45) is 11.1 Å². The summed E-state index contributed by atoms with van der Waals surface area (Å²) in [4.78, 5) is 10.4. The predicted molar refractivity (Wildman–Crippen MR) is 51.8 cm³/mol. The van der Waals surface area contributed by atoms with E-state index in [9.17, 15) is 4.79 Å². The van der Waals surface area contributed by atoms with Crippen LogP contribution in [0.25, 0.3) is 0 Å². The predicted octanol–water partition coefficient (Wildman–Crippen LogP) is 0.505. The molecule has 0 rings (SSSR count). The average Bonchev–Trinajstić information content (AvgIpc) is 2.01. The molecule has 0 aromatic heterocycles. The molecule has 0 heterocycles. The summed E-state index contributed by atoms with van der Waals surface area (Å²) >= 11 is 0. The van der Waals surface area contributed by atoms with Gasteiger partial charge in [-0.2, -0.15) is 0 Å². The van der Waals surface area contributed by atoms with Gasteiger partial charge in [0.1, 0.15) is 6.61 Å². The van der Waals surface area contributed by atoms with Crippen molar-refractivity contribution in [2.75, 3.05) is 19.8 Å². The summed E-state index contributed by atoms with van der Waals surface area (Å²) in [7, 11) is 0. The fourth-order valence-electron chi connectivity index (χ4n) is 0.901. The van der Waals surface area contributed by atoms with E-state index >= 15 is 0 Å². The molecule has 0 bridgehead atoms. The van der Waals surface area contributed by atoms with Crippen LogP contribution in [0.4, 0.5) is 4.79 Å². The number of carbonyl (C=O) groups excluding carboxylic acids is 1. The number of ether oxygens (including phenoxy) is 2. The number of carbonyl (C=O) groups is 1. The average molecular weight is 205 g/mol. The van der Waals surface area contributed by atoms with Gasteiger partial charge in [0.2, 0.25) is 0 Å². The molecular formula is C9H19NO4. The van der Waals surface area contributed by atoms with Gasteiger partial charge in [0.25, 0.3) is 0 Å². The highest BCUT2D eigenvalue weighted by Gasteiger charge is 2.26. The van der Waals surface area contributed by atoms with Gasteiger partial charge in [-0.3, -0.25) is 0 Å². The van der Waals surface area contributed by atoms with Crippen molar-refractivity contribution < 1.29 is 19.4 Å². The molecule has 0 aliphatic rings. The normalized spacial score (nSPS) is 13.7. The number of aliphatic hydroxyl groups excluding tert-OH is 1. The van der Waals surface area contributed by atoms with Crippen LogP contribution >= 0.6 is 0 Å². The first kappa shape index (κ1) is 13.2. The molecule has 0 aromatic carbocycles. The van der Waals surface area contributed by atoms with E-state index in [0.29, 0.717) is 0 Å². The molecule has 14 heavy (non-hydrogen) atoms. The molecule has 1 amide bonds. The number of hydrogen-bond donors (Lipinski definition) is 2. The lowest BCUT2D eigenvalue weighted by Crippen LogP contribution is -2.36. The highest BCUT2D eigenvalue weighted by molar-refractivity contribution is 5.64. The molecule has 1 atom stereocenters. The Bertz CT molecular complexity index is 176. The summed E-state index contributed by atoms with van der Waals surface area (Å²) in [5.74, 6) is 0. The van der Waals surface area contributed by atoms with Crippen molar-refractivity contribution >= 4 is 6.09 Å². The second-order valence-corrected chi connectivity index (χ2v) is 4.08. The van der Waals surface area contributed by atoms with Crippen LogP contribution < -0.4 is 5.73 Å². The van der Waals surface area contributed by atoms with Gasteiger partial charge in [-0.15, -0.1) is 0 Å². The molecule has 0 saturated heterocycles. The maximum atomic E-state index is 10.4. The lowest BCUT2D eigenvalue weighted by molar-refractivity contribution is -0.0609. The van der Waals surface area contributed by atoms with Gasteiger partial charge in [0.15, 0.2) is 0 Å². The Balaban J connectivity index is 4.04. The maximum absolute atomic E-state index is 10.4. The Kier molecular flexibility index (Phi) is 5.49. The van der Waals surface area contributed by atoms with Crippen LogP contribution in [0.2, 0.25) is 0 Å². The number of rotatable bonds is 5. The van der Waals surface area contributed by atoms with Gasteiger partial charge in [-0.1, -0.05) is 20.8 Å². The van der Waals surface area contributed by atoms with Gasteiger partial charge in [0, 0.05) is 0 Å². The highest BCUT2D eigenvalue weighted by Crippen LogP contribution is 2.22. The van der Waals surface area contributed by atoms with Crippen molar-refractivity contribution in [3.05, 3.63) is 0 Å². The van der Waals surface area contributed by atoms with Crippen LogP contribution in [-0.2, 0) is 9.47 Å². The fourth-order valence-corrected chi connectivity index (χ4v) is 0.901. The monoisotopic (exact) mass is 205 g/mol. The third kappa shape index (κ3) is 5.77. The molecule has 0 fully saturated rings. The number of amides is 1. The zero-order valence-electron chi connectivity index (χ0n) is 8.95. The Morgan fingerprint density at radius 2 is 2.07 bits per heavy atom. The summed E-state index contributed by atoms with van der Waals surface area (Å²) < 4.78 is 9.98. The standard InChI is InChI=1S/C9H19NO4/c1-9(2,3)7(13-5-4-11)6-14-8(10)12/h7,11H,4-6H2,1-3H3,(H2,10,12). The Morgan fingerprint density at radius 1 is 1.50 bits per heavy atom. The van der Waals surface area contributed by atoms with Gasteiger partial charge in [-0.25, -0.2) is 4.79 Å². The minimum absolute atomic E-state index is 0.0524. The van der Waals surface area contributed by atoms with Crippen LogP contribution in [0.1, 0.15) is 20.8 Å². The molecule has 84 valence electrons. The maximum Gasteiger partial charge on any atom is 0.404 e. The molecule has 0 aliphatic carbocycles. The number of primary amides is 1. The van der Waals surface area contributed by atoms with Gasteiger partial charge in [0.05, 0.1) is 19.3 Å². The minimum Gasteiger partial charge on any atom is -0.447 e. The molecule has 0 aliphatic heterocycles. The number of nitrogens with two attached hydrogens (primary N) is 1. The molecule has 0 saturated carbocycles. The van der Waals surface area contributed by atoms with E-state index in [2.05, 4.69) is 4.74 Å². The van der Waals surface area contributed by atoms with E-state index in [1.54, 1.807) is 0 Å². The summed E-state index contributed by atoms with van der Waals surface area (Å²) in [6.45, 7) is 6.16. The molecule has 0 spiro atoms. The number of aliphatic hydroxyl groups is 1. The Hall–Kier alpha value is -0.810. The quantitative estimate of drug-likeness (QED) is 0.685. The lowest BCUT2D eigenvalue weighted by Gasteiger charge is -2.29.